The molecule has 0 saturated carbocycles. The van der Waals surface area contributed by atoms with E-state index in [4.69, 9.17) is 16.3 Å². The minimum Gasteiger partial charge on any atom is -0.351 e. The van der Waals surface area contributed by atoms with Crippen molar-refractivity contribution in [2.75, 3.05) is 0 Å². The largest absolute Gasteiger partial charge is 0.351 e. The Balaban J connectivity index is 2.25. The van der Waals surface area contributed by atoms with Gasteiger partial charge >= 0.3 is 0 Å². The van der Waals surface area contributed by atoms with Crippen LogP contribution in [-0.4, -0.2) is 11.3 Å². The van der Waals surface area contributed by atoms with Crippen LogP contribution in [0.3, 0.4) is 0 Å². The molecule has 1 aromatic rings. The van der Waals surface area contributed by atoms with E-state index >= 15 is 0 Å². The van der Waals surface area contributed by atoms with Gasteiger partial charge in [0, 0.05) is 0 Å². The third-order valence-corrected chi connectivity index (χ3v) is 2.56. The van der Waals surface area contributed by atoms with E-state index in [0.29, 0.717) is 0 Å². The molecular formula is C10H9ClO2. The predicted octanol–water partition coefficient (Wildman–Crippen LogP) is 2.07. The molecule has 1 saturated heterocycles. The van der Waals surface area contributed by atoms with Crippen LogP contribution in [0.25, 0.3) is 0 Å². The standard InChI is InChI=1S/C10H9ClO2/c1-10(8(13-10)9(11)12)7-5-3-2-4-6-7/h2-6,8H,1H3. The van der Waals surface area contributed by atoms with E-state index in [0.717, 1.165) is 5.56 Å². The highest BCUT2D eigenvalue weighted by Gasteiger charge is 2.57. The Bertz CT molecular complexity index is 336. The Morgan fingerprint density at radius 2 is 2.08 bits per heavy atom. The molecule has 0 spiro atoms. The van der Waals surface area contributed by atoms with Gasteiger partial charge in [0.1, 0.15) is 5.60 Å². The maximum Gasteiger partial charge on any atom is 0.253 e. The van der Waals surface area contributed by atoms with Crippen LogP contribution < -0.4 is 0 Å². The quantitative estimate of drug-likeness (QED) is 0.535. The Morgan fingerprint density at radius 3 is 2.54 bits per heavy atom. The first kappa shape index (κ1) is 8.73. The third-order valence-electron chi connectivity index (χ3n) is 2.36. The normalized spacial score (nSPS) is 31.4. The van der Waals surface area contributed by atoms with Gasteiger partial charge in [-0.1, -0.05) is 30.3 Å². The summed E-state index contributed by atoms with van der Waals surface area (Å²) in [6.45, 7) is 1.87. The van der Waals surface area contributed by atoms with Crippen molar-refractivity contribution in [1.82, 2.24) is 0 Å². The third kappa shape index (κ3) is 1.36. The van der Waals surface area contributed by atoms with Gasteiger partial charge in [0.15, 0.2) is 6.10 Å². The van der Waals surface area contributed by atoms with Crippen molar-refractivity contribution in [3.63, 3.8) is 0 Å². The zero-order valence-electron chi connectivity index (χ0n) is 7.16. The molecule has 3 heteroatoms. The molecule has 2 unspecified atom stereocenters. The molecular weight excluding hydrogens is 188 g/mol. The molecule has 1 aliphatic rings. The lowest BCUT2D eigenvalue weighted by Crippen LogP contribution is -2.11. The van der Waals surface area contributed by atoms with E-state index in [9.17, 15) is 4.79 Å². The number of halogens is 1. The Morgan fingerprint density at radius 1 is 1.46 bits per heavy atom. The average Bonchev–Trinajstić information content (AvgIpc) is 2.82. The van der Waals surface area contributed by atoms with Crippen molar-refractivity contribution < 1.29 is 9.53 Å². The van der Waals surface area contributed by atoms with Crippen LogP contribution in [0, 0.1) is 0 Å². The van der Waals surface area contributed by atoms with Gasteiger partial charge in [-0.05, 0) is 24.1 Å². The maximum atomic E-state index is 10.8. The smallest absolute Gasteiger partial charge is 0.253 e. The lowest BCUT2D eigenvalue weighted by molar-refractivity contribution is -0.112. The Kier molecular flexibility index (Phi) is 1.90. The van der Waals surface area contributed by atoms with Crippen molar-refractivity contribution in [1.29, 1.82) is 0 Å². The summed E-state index contributed by atoms with van der Waals surface area (Å²) in [5.74, 6) is 0. The van der Waals surface area contributed by atoms with Crippen LogP contribution in [0.1, 0.15) is 12.5 Å². The highest BCUT2D eigenvalue weighted by Crippen LogP contribution is 2.46. The van der Waals surface area contributed by atoms with Crippen LogP contribution in [-0.2, 0) is 15.1 Å². The summed E-state index contributed by atoms with van der Waals surface area (Å²) in [5, 5.41) is -0.425. The first-order valence-corrected chi connectivity index (χ1v) is 4.45. The molecule has 0 radical (unpaired) electrons. The summed E-state index contributed by atoms with van der Waals surface area (Å²) in [5.41, 5.74) is 0.495. The van der Waals surface area contributed by atoms with E-state index < -0.39 is 16.9 Å². The van der Waals surface area contributed by atoms with Crippen molar-refractivity contribution in [3.05, 3.63) is 35.9 Å². The van der Waals surface area contributed by atoms with E-state index in [-0.39, 0.29) is 0 Å². The first-order valence-electron chi connectivity index (χ1n) is 4.07. The molecule has 0 amide bonds. The van der Waals surface area contributed by atoms with Gasteiger partial charge in [0.25, 0.3) is 5.24 Å². The second-order valence-corrected chi connectivity index (χ2v) is 3.65. The van der Waals surface area contributed by atoms with Gasteiger partial charge < -0.3 is 4.74 Å². The molecule has 13 heavy (non-hydrogen) atoms. The van der Waals surface area contributed by atoms with Crippen LogP contribution in [0.4, 0.5) is 0 Å². The molecule has 2 rings (SSSR count). The SMILES string of the molecule is CC1(c2ccccc2)OC1C(=O)Cl. The highest BCUT2D eigenvalue weighted by molar-refractivity contribution is 6.65. The van der Waals surface area contributed by atoms with Crippen molar-refractivity contribution in [3.8, 4) is 0 Å². The summed E-state index contributed by atoms with van der Waals surface area (Å²) < 4.78 is 5.27. The second kappa shape index (κ2) is 2.82. The molecule has 0 N–H and O–H groups in total. The van der Waals surface area contributed by atoms with Gasteiger partial charge in [-0.2, -0.15) is 0 Å². The minimum absolute atomic E-state index is 0.425. The lowest BCUT2D eigenvalue weighted by atomic mass is 9.98. The molecule has 1 aliphatic heterocycles. The zero-order valence-corrected chi connectivity index (χ0v) is 7.91. The molecule has 2 nitrogen and oxygen atoms in total. The first-order chi connectivity index (χ1) is 6.14. The Hall–Kier alpha value is -0.860. The van der Waals surface area contributed by atoms with Crippen molar-refractivity contribution in [2.24, 2.45) is 0 Å². The number of ether oxygens (including phenoxy) is 1. The predicted molar refractivity (Wildman–Crippen MR) is 49.5 cm³/mol. The van der Waals surface area contributed by atoms with Gasteiger partial charge in [0.2, 0.25) is 0 Å². The topological polar surface area (TPSA) is 29.6 Å². The lowest BCUT2D eigenvalue weighted by Gasteiger charge is -2.04. The molecule has 0 aliphatic carbocycles. The summed E-state index contributed by atoms with van der Waals surface area (Å²) in [7, 11) is 0. The number of hydrogen-bond donors (Lipinski definition) is 0. The van der Waals surface area contributed by atoms with Crippen LogP contribution in [0.5, 0.6) is 0 Å². The molecule has 1 fully saturated rings. The highest BCUT2D eigenvalue weighted by atomic mass is 35.5. The number of benzene rings is 1. The maximum absolute atomic E-state index is 10.8. The number of carbonyl (C=O) groups is 1. The number of rotatable bonds is 2. The summed E-state index contributed by atoms with van der Waals surface area (Å²) >= 11 is 5.35. The second-order valence-electron chi connectivity index (χ2n) is 3.28. The van der Waals surface area contributed by atoms with Gasteiger partial charge in [-0.25, -0.2) is 0 Å². The fourth-order valence-corrected chi connectivity index (χ4v) is 1.71. The zero-order chi connectivity index (χ0) is 9.47. The van der Waals surface area contributed by atoms with Gasteiger partial charge in [-0.15, -0.1) is 0 Å². The van der Waals surface area contributed by atoms with Crippen LogP contribution in [0.15, 0.2) is 30.3 Å². The number of carbonyl (C=O) groups excluding carboxylic acids is 1. The summed E-state index contributed by atoms with van der Waals surface area (Å²) in [6.07, 6.45) is -0.475. The fourth-order valence-electron chi connectivity index (χ4n) is 1.46. The molecule has 0 bridgehead atoms. The summed E-state index contributed by atoms with van der Waals surface area (Å²) in [6, 6.07) is 9.61. The molecule has 1 aromatic carbocycles. The number of hydrogen-bond acceptors (Lipinski definition) is 2. The summed E-state index contributed by atoms with van der Waals surface area (Å²) in [4.78, 5) is 10.8. The van der Waals surface area contributed by atoms with E-state index in [1.807, 2.05) is 37.3 Å². The van der Waals surface area contributed by atoms with E-state index in [1.165, 1.54) is 0 Å². The van der Waals surface area contributed by atoms with Crippen molar-refractivity contribution >= 4 is 16.8 Å². The molecule has 2 atom stereocenters. The molecule has 1 heterocycles. The monoisotopic (exact) mass is 196 g/mol. The van der Waals surface area contributed by atoms with E-state index in [2.05, 4.69) is 0 Å². The van der Waals surface area contributed by atoms with E-state index in [1.54, 1.807) is 0 Å². The van der Waals surface area contributed by atoms with Crippen LogP contribution >= 0.6 is 11.6 Å². The Labute approximate surface area is 81.5 Å². The number of epoxide rings is 1. The molecule has 68 valence electrons. The fraction of sp³-hybridized carbons (Fsp3) is 0.300. The van der Waals surface area contributed by atoms with Crippen molar-refractivity contribution in [2.45, 2.75) is 18.6 Å². The molecule has 0 aromatic heterocycles. The van der Waals surface area contributed by atoms with Gasteiger partial charge in [-0.3, -0.25) is 4.79 Å². The minimum atomic E-state index is -0.500. The average molecular weight is 197 g/mol. The van der Waals surface area contributed by atoms with Gasteiger partial charge in [0.05, 0.1) is 0 Å². The van der Waals surface area contributed by atoms with Crippen LogP contribution in [0.2, 0.25) is 0 Å².